The van der Waals surface area contributed by atoms with Crippen LogP contribution in [0.2, 0.25) is 5.02 Å². The number of halogens is 2. The number of urea groups is 1. The molecule has 0 aliphatic carbocycles. The number of nitrogens with zero attached hydrogens (tertiary/aromatic N) is 1. The molecule has 8 nitrogen and oxygen atoms in total. The number of hydrogen-bond donors (Lipinski definition) is 1. The van der Waals surface area contributed by atoms with E-state index in [0.29, 0.717) is 9.50 Å². The molecule has 0 bridgehead atoms. The van der Waals surface area contributed by atoms with Crippen molar-refractivity contribution in [1.29, 1.82) is 0 Å². The summed E-state index contributed by atoms with van der Waals surface area (Å²) in [5.74, 6) is -1.94. The van der Waals surface area contributed by atoms with Crippen molar-refractivity contribution in [3.63, 3.8) is 0 Å². The fourth-order valence-electron chi connectivity index (χ4n) is 3.10. The first kappa shape index (κ1) is 23.7. The van der Waals surface area contributed by atoms with Crippen LogP contribution in [0.25, 0.3) is 6.08 Å². The molecule has 3 aromatic carbocycles. The largest absolute Gasteiger partial charge is 0.378 e. The van der Waals surface area contributed by atoms with E-state index in [-0.39, 0.29) is 21.9 Å². The highest BCUT2D eigenvalue weighted by molar-refractivity contribution is 9.10. The van der Waals surface area contributed by atoms with Crippen LogP contribution < -0.4 is 14.4 Å². The standard InChI is InChI=1S/C23H14BrClN2O6S/c24-15-6-11-20(33-34(31,32)18-4-2-1-3-5-18)14(12-15)13-19-21(28)26-23(30)27(22(19)29)17-9-7-16(25)8-10-17/h1-13H,(H,26,28,30)/b19-13+. The molecule has 1 N–H and O–H groups in total. The molecule has 34 heavy (non-hydrogen) atoms. The van der Waals surface area contributed by atoms with Gasteiger partial charge in [0.2, 0.25) is 0 Å². The van der Waals surface area contributed by atoms with Gasteiger partial charge in [0.05, 0.1) is 5.69 Å². The number of barbiturate groups is 1. The molecular weight excluding hydrogens is 548 g/mol. The predicted octanol–water partition coefficient (Wildman–Crippen LogP) is 4.54. The molecule has 11 heteroatoms. The molecule has 0 aromatic heterocycles. The first-order valence-electron chi connectivity index (χ1n) is 9.62. The topological polar surface area (TPSA) is 110 Å². The lowest BCUT2D eigenvalue weighted by molar-refractivity contribution is -0.122. The van der Waals surface area contributed by atoms with Crippen molar-refractivity contribution in [3.8, 4) is 5.75 Å². The van der Waals surface area contributed by atoms with Gasteiger partial charge in [-0.1, -0.05) is 45.7 Å². The zero-order valence-corrected chi connectivity index (χ0v) is 20.2. The number of hydrogen-bond acceptors (Lipinski definition) is 6. The molecule has 0 saturated carbocycles. The minimum absolute atomic E-state index is 0.0671. The monoisotopic (exact) mass is 560 g/mol. The van der Waals surface area contributed by atoms with Crippen molar-refractivity contribution >= 4 is 67.3 Å². The van der Waals surface area contributed by atoms with Crippen LogP contribution in [0.4, 0.5) is 10.5 Å². The van der Waals surface area contributed by atoms with Gasteiger partial charge in [-0.25, -0.2) is 9.69 Å². The summed E-state index contributed by atoms with van der Waals surface area (Å²) in [4.78, 5) is 38.7. The highest BCUT2D eigenvalue weighted by Gasteiger charge is 2.37. The minimum Gasteiger partial charge on any atom is -0.378 e. The molecule has 0 spiro atoms. The van der Waals surface area contributed by atoms with Gasteiger partial charge in [0, 0.05) is 15.1 Å². The molecule has 1 aliphatic heterocycles. The third kappa shape index (κ3) is 4.89. The summed E-state index contributed by atoms with van der Waals surface area (Å²) in [6.07, 6.45) is 1.16. The lowest BCUT2D eigenvalue weighted by Crippen LogP contribution is -2.54. The summed E-state index contributed by atoms with van der Waals surface area (Å²) in [5.41, 5.74) is -0.0740. The van der Waals surface area contributed by atoms with Crippen molar-refractivity contribution < 1.29 is 27.0 Å². The quantitative estimate of drug-likeness (QED) is 0.278. The van der Waals surface area contributed by atoms with E-state index in [2.05, 4.69) is 21.2 Å². The Morgan fingerprint density at radius 2 is 1.62 bits per heavy atom. The fraction of sp³-hybridized carbons (Fsp3) is 0. The van der Waals surface area contributed by atoms with Crippen molar-refractivity contribution in [2.75, 3.05) is 4.90 Å². The first-order chi connectivity index (χ1) is 16.2. The van der Waals surface area contributed by atoms with E-state index in [1.54, 1.807) is 24.3 Å². The summed E-state index contributed by atoms with van der Waals surface area (Å²) in [7, 11) is -4.19. The van der Waals surface area contributed by atoms with Crippen LogP contribution in [0.3, 0.4) is 0 Å². The van der Waals surface area contributed by atoms with Crippen LogP contribution in [0.5, 0.6) is 5.75 Å². The number of anilines is 1. The molecule has 0 radical (unpaired) electrons. The zero-order valence-electron chi connectivity index (χ0n) is 17.1. The summed E-state index contributed by atoms with van der Waals surface area (Å²) < 4.78 is 31.2. The predicted molar refractivity (Wildman–Crippen MR) is 129 cm³/mol. The first-order valence-corrected chi connectivity index (χ1v) is 12.2. The number of rotatable bonds is 5. The van der Waals surface area contributed by atoms with E-state index in [1.165, 1.54) is 48.5 Å². The lowest BCUT2D eigenvalue weighted by Gasteiger charge is -2.26. The van der Waals surface area contributed by atoms with Gasteiger partial charge in [-0.15, -0.1) is 0 Å². The van der Waals surface area contributed by atoms with Crippen LogP contribution in [0.1, 0.15) is 5.56 Å². The van der Waals surface area contributed by atoms with Gasteiger partial charge in [-0.3, -0.25) is 14.9 Å². The summed E-state index contributed by atoms with van der Waals surface area (Å²) >= 11 is 9.16. The van der Waals surface area contributed by atoms with Gasteiger partial charge >= 0.3 is 16.1 Å². The van der Waals surface area contributed by atoms with E-state index in [0.717, 1.165) is 11.0 Å². The van der Waals surface area contributed by atoms with Gasteiger partial charge in [0.15, 0.2) is 0 Å². The Morgan fingerprint density at radius 1 is 0.941 bits per heavy atom. The Kier molecular flexibility index (Phi) is 6.56. The third-order valence-corrected chi connectivity index (χ3v) is 6.68. The van der Waals surface area contributed by atoms with E-state index >= 15 is 0 Å². The molecule has 0 unspecified atom stereocenters. The van der Waals surface area contributed by atoms with Crippen LogP contribution in [0, 0.1) is 0 Å². The maximum atomic E-state index is 13.1. The number of imide groups is 2. The van der Waals surface area contributed by atoms with E-state index < -0.39 is 33.5 Å². The zero-order chi connectivity index (χ0) is 24.5. The fourth-order valence-corrected chi connectivity index (χ4v) is 4.58. The maximum absolute atomic E-state index is 13.1. The van der Waals surface area contributed by atoms with Gasteiger partial charge in [0.1, 0.15) is 16.2 Å². The Hall–Kier alpha value is -3.47. The Labute approximate surface area is 208 Å². The highest BCUT2D eigenvalue weighted by Crippen LogP contribution is 2.30. The Balaban J connectivity index is 1.75. The van der Waals surface area contributed by atoms with Crippen molar-refractivity contribution in [3.05, 3.63) is 93.4 Å². The van der Waals surface area contributed by atoms with Gasteiger partial charge in [-0.05, 0) is 60.7 Å². The number of carbonyl (C=O) groups is 3. The molecule has 4 rings (SSSR count). The molecular formula is C23H14BrClN2O6S. The summed E-state index contributed by atoms with van der Waals surface area (Å²) in [6.45, 7) is 0. The molecule has 1 fully saturated rings. The summed E-state index contributed by atoms with van der Waals surface area (Å²) in [6, 6.07) is 16.9. The molecule has 0 atom stereocenters. The average molecular weight is 562 g/mol. The second kappa shape index (κ2) is 9.41. The van der Waals surface area contributed by atoms with Gasteiger partial charge in [-0.2, -0.15) is 8.42 Å². The smallest absolute Gasteiger partial charge is 0.339 e. The van der Waals surface area contributed by atoms with Crippen LogP contribution in [0.15, 0.2) is 87.7 Å². The van der Waals surface area contributed by atoms with Crippen LogP contribution >= 0.6 is 27.5 Å². The number of benzene rings is 3. The van der Waals surface area contributed by atoms with Crippen LogP contribution in [-0.4, -0.2) is 26.3 Å². The number of amides is 4. The molecule has 172 valence electrons. The summed E-state index contributed by atoms with van der Waals surface area (Å²) in [5, 5.41) is 2.51. The SMILES string of the molecule is O=C1NC(=O)N(c2ccc(Cl)cc2)C(=O)/C1=C/c1cc(Br)ccc1OS(=O)(=O)c1ccccc1. The lowest BCUT2D eigenvalue weighted by atomic mass is 10.1. The Bertz CT molecular complexity index is 1440. The van der Waals surface area contributed by atoms with Gasteiger partial charge < -0.3 is 4.18 Å². The molecule has 4 amide bonds. The van der Waals surface area contributed by atoms with Crippen molar-refractivity contribution in [2.45, 2.75) is 4.90 Å². The minimum atomic E-state index is -4.19. The maximum Gasteiger partial charge on any atom is 0.339 e. The highest BCUT2D eigenvalue weighted by atomic mass is 79.9. The number of carbonyl (C=O) groups excluding carboxylic acids is 3. The van der Waals surface area contributed by atoms with Crippen molar-refractivity contribution in [1.82, 2.24) is 5.32 Å². The van der Waals surface area contributed by atoms with E-state index in [1.807, 2.05) is 0 Å². The molecule has 1 aliphatic rings. The second-order valence-corrected chi connectivity index (χ2v) is 9.87. The molecule has 1 saturated heterocycles. The molecule has 3 aromatic rings. The van der Waals surface area contributed by atoms with Crippen LogP contribution in [-0.2, 0) is 19.7 Å². The second-order valence-electron chi connectivity index (χ2n) is 6.97. The Morgan fingerprint density at radius 3 is 2.29 bits per heavy atom. The van der Waals surface area contributed by atoms with E-state index in [9.17, 15) is 22.8 Å². The van der Waals surface area contributed by atoms with E-state index in [4.69, 9.17) is 15.8 Å². The molecule has 1 heterocycles. The average Bonchev–Trinajstić information content (AvgIpc) is 2.80. The normalized spacial score (nSPS) is 15.4. The van der Waals surface area contributed by atoms with Gasteiger partial charge in [0.25, 0.3) is 11.8 Å². The van der Waals surface area contributed by atoms with Crippen molar-refractivity contribution in [2.24, 2.45) is 0 Å². The number of nitrogens with one attached hydrogen (secondary N) is 1. The third-order valence-electron chi connectivity index (χ3n) is 4.69.